The van der Waals surface area contributed by atoms with E-state index in [0.717, 1.165) is 9.47 Å². The third-order valence-electron chi connectivity index (χ3n) is 5.20. The van der Waals surface area contributed by atoms with Gasteiger partial charge in [-0.05, 0) is 6.07 Å². The minimum Gasteiger partial charge on any atom is -0.493 e. The van der Waals surface area contributed by atoms with Crippen LogP contribution in [0.1, 0.15) is 17.7 Å². The predicted octanol–water partition coefficient (Wildman–Crippen LogP) is -0.186. The summed E-state index contributed by atoms with van der Waals surface area (Å²) in [6, 6.07) is 7.77. The van der Waals surface area contributed by atoms with Gasteiger partial charge >= 0.3 is 11.7 Å². The van der Waals surface area contributed by atoms with Crippen LogP contribution in [0.15, 0.2) is 39.9 Å². The number of aromatic nitrogens is 2. The fourth-order valence-corrected chi connectivity index (χ4v) is 3.61. The third-order valence-corrected chi connectivity index (χ3v) is 5.20. The molecule has 3 amide bonds. The fraction of sp³-hybridized carbons (Fsp3) is 0.333. The van der Waals surface area contributed by atoms with Gasteiger partial charge in [0.2, 0.25) is 0 Å². The first-order valence-electron chi connectivity index (χ1n) is 8.47. The zero-order valence-corrected chi connectivity index (χ0v) is 14.9. The summed E-state index contributed by atoms with van der Waals surface area (Å²) >= 11 is 0. The van der Waals surface area contributed by atoms with Crippen molar-refractivity contribution in [1.29, 1.82) is 0 Å². The van der Waals surface area contributed by atoms with Crippen molar-refractivity contribution in [2.24, 2.45) is 14.1 Å². The number of nitrogens with zero attached hydrogens (tertiary/aromatic N) is 3. The molecule has 2 aromatic rings. The maximum atomic E-state index is 13.2. The van der Waals surface area contributed by atoms with Crippen molar-refractivity contribution >= 4 is 11.9 Å². The highest BCUT2D eigenvalue weighted by Gasteiger charge is 2.54. The Balaban J connectivity index is 1.74. The van der Waals surface area contributed by atoms with E-state index >= 15 is 0 Å². The number of imide groups is 1. The van der Waals surface area contributed by atoms with Gasteiger partial charge in [0.05, 0.1) is 13.2 Å². The lowest BCUT2D eigenvalue weighted by Gasteiger charge is -2.33. The minimum absolute atomic E-state index is 0.169. The van der Waals surface area contributed by atoms with E-state index in [1.165, 1.54) is 24.7 Å². The average molecular weight is 370 g/mol. The molecule has 1 N–H and O–H groups in total. The lowest BCUT2D eigenvalue weighted by Crippen LogP contribution is -2.47. The van der Waals surface area contributed by atoms with Gasteiger partial charge in [-0.1, -0.05) is 18.2 Å². The van der Waals surface area contributed by atoms with E-state index in [1.54, 1.807) is 24.3 Å². The molecule has 1 aromatic carbocycles. The molecule has 140 valence electrons. The second-order valence-electron chi connectivity index (χ2n) is 6.70. The molecule has 3 heterocycles. The van der Waals surface area contributed by atoms with Crippen molar-refractivity contribution < 1.29 is 14.3 Å². The number of para-hydroxylation sites is 1. The Bertz CT molecular complexity index is 1090. The van der Waals surface area contributed by atoms with Crippen LogP contribution in [-0.4, -0.2) is 32.6 Å². The van der Waals surface area contributed by atoms with Crippen molar-refractivity contribution in [3.05, 3.63) is 62.4 Å². The molecule has 4 rings (SSSR count). The van der Waals surface area contributed by atoms with Gasteiger partial charge in [0.1, 0.15) is 5.75 Å². The number of ether oxygens (including phenoxy) is 1. The Morgan fingerprint density at radius 1 is 1.11 bits per heavy atom. The molecule has 9 heteroatoms. The quantitative estimate of drug-likeness (QED) is 0.739. The van der Waals surface area contributed by atoms with Gasteiger partial charge in [-0.15, -0.1) is 0 Å². The molecule has 27 heavy (non-hydrogen) atoms. The van der Waals surface area contributed by atoms with Crippen LogP contribution in [0, 0.1) is 0 Å². The van der Waals surface area contributed by atoms with E-state index in [4.69, 9.17) is 4.74 Å². The normalized spacial score (nSPS) is 21.2. The number of fused-ring (bicyclic) bond motifs is 2. The van der Waals surface area contributed by atoms with E-state index in [9.17, 15) is 19.2 Å². The van der Waals surface area contributed by atoms with E-state index in [0.29, 0.717) is 24.3 Å². The van der Waals surface area contributed by atoms with E-state index < -0.39 is 28.7 Å². The van der Waals surface area contributed by atoms with E-state index in [2.05, 4.69) is 5.32 Å². The molecule has 0 bridgehead atoms. The van der Waals surface area contributed by atoms with E-state index in [1.807, 2.05) is 0 Å². The van der Waals surface area contributed by atoms with Gasteiger partial charge in [-0.3, -0.25) is 23.6 Å². The summed E-state index contributed by atoms with van der Waals surface area (Å²) in [5.74, 6) is 0.136. The number of nitrogens with one attached hydrogen (secondary N) is 1. The van der Waals surface area contributed by atoms with Crippen molar-refractivity contribution in [1.82, 2.24) is 19.4 Å². The van der Waals surface area contributed by atoms with Crippen LogP contribution >= 0.6 is 0 Å². The molecule has 2 aliphatic heterocycles. The smallest absolute Gasteiger partial charge is 0.330 e. The first-order valence-corrected chi connectivity index (χ1v) is 8.47. The number of hydrogen-bond donors (Lipinski definition) is 1. The third kappa shape index (κ3) is 2.38. The number of carbonyl (C=O) groups is 2. The van der Waals surface area contributed by atoms with Crippen LogP contribution in [-0.2, 0) is 31.0 Å². The molecule has 0 saturated carbocycles. The number of benzene rings is 1. The average Bonchev–Trinajstić information content (AvgIpc) is 2.89. The van der Waals surface area contributed by atoms with Crippen LogP contribution < -0.4 is 21.3 Å². The van der Waals surface area contributed by atoms with Crippen molar-refractivity contribution in [3.8, 4) is 5.75 Å². The summed E-state index contributed by atoms with van der Waals surface area (Å²) in [6.07, 6.45) is 0.306. The molecular weight excluding hydrogens is 352 g/mol. The molecule has 1 spiro atoms. The summed E-state index contributed by atoms with van der Waals surface area (Å²) in [5, 5.41) is 2.79. The highest BCUT2D eigenvalue weighted by atomic mass is 16.5. The van der Waals surface area contributed by atoms with Crippen LogP contribution in [0.4, 0.5) is 4.79 Å². The molecule has 2 aliphatic rings. The van der Waals surface area contributed by atoms with Crippen LogP contribution in [0.3, 0.4) is 0 Å². The van der Waals surface area contributed by atoms with Gasteiger partial charge in [-0.25, -0.2) is 9.59 Å². The second-order valence-corrected chi connectivity index (χ2v) is 6.70. The topological polar surface area (TPSA) is 103 Å². The summed E-state index contributed by atoms with van der Waals surface area (Å²) in [7, 11) is 2.87. The number of carbonyl (C=O) groups excluding carboxylic acids is 2. The van der Waals surface area contributed by atoms with Crippen molar-refractivity contribution in [3.63, 3.8) is 0 Å². The highest BCUT2D eigenvalue weighted by molar-refractivity contribution is 6.07. The van der Waals surface area contributed by atoms with Gasteiger partial charge in [0, 0.05) is 37.8 Å². The van der Waals surface area contributed by atoms with Crippen LogP contribution in [0.25, 0.3) is 0 Å². The lowest BCUT2D eigenvalue weighted by molar-refractivity contribution is -0.133. The van der Waals surface area contributed by atoms with Crippen molar-refractivity contribution in [2.45, 2.75) is 18.5 Å². The number of urea groups is 1. The van der Waals surface area contributed by atoms with Gasteiger partial charge in [-0.2, -0.15) is 0 Å². The first-order chi connectivity index (χ1) is 12.8. The summed E-state index contributed by atoms with van der Waals surface area (Å²) < 4.78 is 7.82. The number of rotatable bonds is 2. The highest BCUT2D eigenvalue weighted by Crippen LogP contribution is 2.41. The first kappa shape index (κ1) is 17.1. The number of amides is 3. The maximum absolute atomic E-state index is 13.2. The SMILES string of the molecule is Cn1c(CN2C(=O)N[C@]3(CCOc4ccccc43)C2=O)cc(=O)n(C)c1=O. The summed E-state index contributed by atoms with van der Waals surface area (Å²) in [6.45, 7) is 0.124. The summed E-state index contributed by atoms with van der Waals surface area (Å²) in [4.78, 5) is 50.9. The Kier molecular flexibility index (Phi) is 3.69. The largest absolute Gasteiger partial charge is 0.493 e. The van der Waals surface area contributed by atoms with E-state index in [-0.39, 0.29) is 12.2 Å². The molecule has 0 aliphatic carbocycles. The van der Waals surface area contributed by atoms with Gasteiger partial charge < -0.3 is 10.1 Å². The summed E-state index contributed by atoms with van der Waals surface area (Å²) in [5.41, 5.74) is -1.31. The molecule has 1 atom stereocenters. The van der Waals surface area contributed by atoms with Crippen molar-refractivity contribution in [2.75, 3.05) is 6.61 Å². The fourth-order valence-electron chi connectivity index (χ4n) is 3.61. The zero-order chi connectivity index (χ0) is 19.3. The molecule has 1 saturated heterocycles. The standard InChI is InChI=1S/C18H18N4O5/c1-20-11(9-14(23)21(2)17(20)26)10-22-15(24)18(19-16(22)25)7-8-27-13-6-4-3-5-12(13)18/h3-6,9H,7-8,10H2,1-2H3,(H,19,25)/t18-/m0/s1. The zero-order valence-electron chi connectivity index (χ0n) is 14.9. The monoisotopic (exact) mass is 370 g/mol. The second kappa shape index (κ2) is 5.83. The Morgan fingerprint density at radius 2 is 1.85 bits per heavy atom. The molecule has 9 nitrogen and oxygen atoms in total. The van der Waals surface area contributed by atoms with Crippen LogP contribution in [0.5, 0.6) is 5.75 Å². The molecule has 0 radical (unpaired) electrons. The molecular formula is C18H18N4O5. The lowest BCUT2D eigenvalue weighted by atomic mass is 9.84. The molecule has 0 unspecified atom stereocenters. The molecule has 1 fully saturated rings. The predicted molar refractivity (Wildman–Crippen MR) is 94.2 cm³/mol. The van der Waals surface area contributed by atoms with Gasteiger partial charge in [0.25, 0.3) is 11.5 Å². The van der Waals surface area contributed by atoms with Crippen LogP contribution in [0.2, 0.25) is 0 Å². The Hall–Kier alpha value is -3.36. The Morgan fingerprint density at radius 3 is 2.63 bits per heavy atom. The number of hydrogen-bond acceptors (Lipinski definition) is 5. The Labute approximate surface area is 153 Å². The maximum Gasteiger partial charge on any atom is 0.330 e. The molecule has 1 aromatic heterocycles. The minimum atomic E-state index is -1.19. The van der Waals surface area contributed by atoms with Gasteiger partial charge in [0.15, 0.2) is 5.54 Å².